The van der Waals surface area contributed by atoms with E-state index in [1.54, 1.807) is 19.0 Å². The van der Waals surface area contributed by atoms with Gasteiger partial charge in [0.25, 0.3) is 6.41 Å². The monoisotopic (exact) mass is 228 g/mol. The fraction of sp³-hybridized carbons (Fsp3) is 0.800. The number of carbonyl (C=O) groups excluding carboxylic acids is 1. The van der Waals surface area contributed by atoms with Crippen LogP contribution in [0, 0.1) is 0 Å². The Morgan fingerprint density at radius 2 is 2.50 bits per heavy atom. The van der Waals surface area contributed by atoms with Gasteiger partial charge in [-0.05, 0) is 13.8 Å². The molecular weight excluding hydrogens is 212 g/mol. The molecule has 0 aromatic carbocycles. The quantitative estimate of drug-likeness (QED) is 0.651. The summed E-state index contributed by atoms with van der Waals surface area (Å²) < 4.78 is 15.5. The SMILES string of the molecule is CCOC(=O)C1=NN2[C@H](OC)OC[C@@]2(C)C1. The van der Waals surface area contributed by atoms with E-state index in [2.05, 4.69) is 5.10 Å². The Morgan fingerprint density at radius 3 is 3.12 bits per heavy atom. The van der Waals surface area contributed by atoms with Gasteiger partial charge in [0.15, 0.2) is 0 Å². The van der Waals surface area contributed by atoms with Gasteiger partial charge in [-0.3, -0.25) is 0 Å². The molecule has 2 atom stereocenters. The number of hydrogen-bond donors (Lipinski definition) is 0. The van der Waals surface area contributed by atoms with Crippen LogP contribution in [0.15, 0.2) is 5.10 Å². The maximum atomic E-state index is 11.6. The molecule has 0 spiro atoms. The van der Waals surface area contributed by atoms with Crippen molar-refractivity contribution in [2.45, 2.75) is 32.2 Å². The molecule has 0 saturated carbocycles. The lowest BCUT2D eigenvalue weighted by Gasteiger charge is -2.25. The van der Waals surface area contributed by atoms with E-state index in [9.17, 15) is 4.79 Å². The van der Waals surface area contributed by atoms with Crippen LogP contribution in [0.25, 0.3) is 0 Å². The van der Waals surface area contributed by atoms with Crippen LogP contribution in [-0.4, -0.2) is 49.0 Å². The smallest absolute Gasteiger partial charge is 0.354 e. The number of ether oxygens (including phenoxy) is 3. The highest BCUT2D eigenvalue weighted by Gasteiger charge is 2.50. The number of hydrogen-bond acceptors (Lipinski definition) is 6. The average Bonchev–Trinajstić information content (AvgIpc) is 2.72. The van der Waals surface area contributed by atoms with Gasteiger partial charge < -0.3 is 14.2 Å². The first kappa shape index (κ1) is 11.3. The molecule has 90 valence electrons. The van der Waals surface area contributed by atoms with Crippen molar-refractivity contribution in [3.05, 3.63) is 0 Å². The summed E-state index contributed by atoms with van der Waals surface area (Å²) in [6, 6.07) is 0. The normalized spacial score (nSPS) is 32.6. The van der Waals surface area contributed by atoms with E-state index in [-0.39, 0.29) is 11.5 Å². The molecule has 6 nitrogen and oxygen atoms in total. The number of nitrogens with zero attached hydrogens (tertiary/aromatic N) is 2. The predicted octanol–water partition coefficient (Wildman–Crippen LogP) is 0.330. The van der Waals surface area contributed by atoms with Crippen LogP contribution in [0.4, 0.5) is 0 Å². The molecule has 0 aromatic rings. The molecule has 2 heterocycles. The third-order valence-electron chi connectivity index (χ3n) is 2.78. The second kappa shape index (κ2) is 4.03. The molecule has 0 N–H and O–H groups in total. The fourth-order valence-corrected chi connectivity index (χ4v) is 1.96. The van der Waals surface area contributed by atoms with Gasteiger partial charge in [0, 0.05) is 13.5 Å². The van der Waals surface area contributed by atoms with Crippen molar-refractivity contribution in [3.63, 3.8) is 0 Å². The molecule has 0 aromatic heterocycles. The van der Waals surface area contributed by atoms with E-state index in [0.717, 1.165) is 0 Å². The third-order valence-corrected chi connectivity index (χ3v) is 2.78. The minimum atomic E-state index is -0.503. The Bertz CT molecular complexity index is 331. The molecule has 2 aliphatic heterocycles. The minimum Gasteiger partial charge on any atom is -0.461 e. The number of hydrazone groups is 1. The Balaban J connectivity index is 2.13. The van der Waals surface area contributed by atoms with Crippen LogP contribution in [0.1, 0.15) is 20.3 Å². The first-order valence-corrected chi connectivity index (χ1v) is 5.29. The maximum Gasteiger partial charge on any atom is 0.354 e. The number of rotatable bonds is 3. The van der Waals surface area contributed by atoms with Crippen LogP contribution in [0.3, 0.4) is 0 Å². The maximum absolute atomic E-state index is 11.6. The molecule has 0 unspecified atom stereocenters. The number of fused-ring (bicyclic) bond motifs is 1. The highest BCUT2D eigenvalue weighted by atomic mass is 16.7. The largest absolute Gasteiger partial charge is 0.461 e. The molecule has 1 saturated heterocycles. The summed E-state index contributed by atoms with van der Waals surface area (Å²) >= 11 is 0. The van der Waals surface area contributed by atoms with Gasteiger partial charge in [-0.1, -0.05) is 0 Å². The molecule has 2 aliphatic rings. The van der Waals surface area contributed by atoms with Crippen LogP contribution < -0.4 is 0 Å². The molecule has 0 bridgehead atoms. The van der Waals surface area contributed by atoms with Crippen LogP contribution in [0.5, 0.6) is 0 Å². The number of carbonyl (C=O) groups is 1. The fourth-order valence-electron chi connectivity index (χ4n) is 1.96. The summed E-state index contributed by atoms with van der Waals surface area (Å²) in [4.78, 5) is 11.6. The summed E-state index contributed by atoms with van der Waals surface area (Å²) in [5.41, 5.74) is 0.151. The summed E-state index contributed by atoms with van der Waals surface area (Å²) in [5.74, 6) is -0.354. The Kier molecular flexibility index (Phi) is 2.86. The van der Waals surface area contributed by atoms with Crippen molar-refractivity contribution < 1.29 is 19.0 Å². The number of methoxy groups -OCH3 is 1. The molecule has 1 fully saturated rings. The van der Waals surface area contributed by atoms with Crippen LogP contribution >= 0.6 is 0 Å². The van der Waals surface area contributed by atoms with Gasteiger partial charge in [0.05, 0.1) is 18.8 Å². The van der Waals surface area contributed by atoms with Gasteiger partial charge in [0.2, 0.25) is 0 Å². The second-order valence-electron chi connectivity index (χ2n) is 4.14. The van der Waals surface area contributed by atoms with Gasteiger partial charge in [0.1, 0.15) is 5.71 Å². The van der Waals surface area contributed by atoms with Crippen molar-refractivity contribution in [1.29, 1.82) is 0 Å². The highest BCUT2D eigenvalue weighted by molar-refractivity contribution is 6.37. The van der Waals surface area contributed by atoms with Crippen molar-refractivity contribution in [2.24, 2.45) is 5.10 Å². The summed E-state index contributed by atoms with van der Waals surface area (Å²) in [6.45, 7) is 4.62. The van der Waals surface area contributed by atoms with Gasteiger partial charge in [-0.15, -0.1) is 0 Å². The van der Waals surface area contributed by atoms with E-state index >= 15 is 0 Å². The van der Waals surface area contributed by atoms with Crippen LogP contribution in [-0.2, 0) is 19.0 Å². The molecule has 6 heteroatoms. The molecule has 2 rings (SSSR count). The van der Waals surface area contributed by atoms with E-state index in [4.69, 9.17) is 14.2 Å². The van der Waals surface area contributed by atoms with E-state index in [1.807, 2.05) is 6.92 Å². The lowest BCUT2D eigenvalue weighted by molar-refractivity contribution is -0.160. The van der Waals surface area contributed by atoms with Gasteiger partial charge in [-0.25, -0.2) is 9.80 Å². The summed E-state index contributed by atoms with van der Waals surface area (Å²) in [5, 5.41) is 5.91. The topological polar surface area (TPSA) is 60.4 Å². The van der Waals surface area contributed by atoms with Gasteiger partial charge >= 0.3 is 5.97 Å². The van der Waals surface area contributed by atoms with E-state index < -0.39 is 6.41 Å². The highest BCUT2D eigenvalue weighted by Crippen LogP contribution is 2.36. The summed E-state index contributed by atoms with van der Waals surface area (Å²) in [6.07, 6.45) is 0.0306. The molecule has 0 radical (unpaired) electrons. The molecule has 0 aliphatic carbocycles. The molecule has 16 heavy (non-hydrogen) atoms. The second-order valence-corrected chi connectivity index (χ2v) is 4.14. The first-order chi connectivity index (χ1) is 7.60. The van der Waals surface area contributed by atoms with E-state index in [0.29, 0.717) is 25.3 Å². The lowest BCUT2D eigenvalue weighted by Crippen LogP contribution is -2.40. The third kappa shape index (κ3) is 1.68. The van der Waals surface area contributed by atoms with Crippen molar-refractivity contribution >= 4 is 11.7 Å². The first-order valence-electron chi connectivity index (χ1n) is 5.29. The predicted molar refractivity (Wildman–Crippen MR) is 55.7 cm³/mol. The summed E-state index contributed by atoms with van der Waals surface area (Å²) in [7, 11) is 1.55. The Hall–Kier alpha value is -1.14. The molecule has 0 amide bonds. The average molecular weight is 228 g/mol. The Morgan fingerprint density at radius 1 is 1.75 bits per heavy atom. The standard InChI is InChI=1S/C10H16N2O4/c1-4-15-8(13)7-5-10(2)6-16-9(14-3)12(10)11-7/h9H,4-6H2,1-3H3/t9-,10-/m1/s1. The zero-order chi connectivity index (χ0) is 11.8. The van der Waals surface area contributed by atoms with Gasteiger partial charge in [-0.2, -0.15) is 5.10 Å². The van der Waals surface area contributed by atoms with Crippen molar-refractivity contribution in [2.75, 3.05) is 20.3 Å². The number of esters is 1. The van der Waals surface area contributed by atoms with Crippen LogP contribution in [0.2, 0.25) is 0 Å². The zero-order valence-corrected chi connectivity index (χ0v) is 9.73. The molecular formula is C10H16N2O4. The van der Waals surface area contributed by atoms with Crippen molar-refractivity contribution in [1.82, 2.24) is 5.01 Å². The minimum absolute atomic E-state index is 0.289. The zero-order valence-electron chi connectivity index (χ0n) is 9.73. The van der Waals surface area contributed by atoms with Crippen molar-refractivity contribution in [3.8, 4) is 0 Å². The Labute approximate surface area is 94.1 Å². The lowest BCUT2D eigenvalue weighted by atomic mass is 9.98. The van der Waals surface area contributed by atoms with E-state index in [1.165, 1.54) is 0 Å².